The van der Waals surface area contributed by atoms with E-state index in [-0.39, 0.29) is 35.2 Å². The van der Waals surface area contributed by atoms with E-state index < -0.39 is 0 Å². The molecule has 1 aromatic carbocycles. The number of aliphatic hydroxyl groups is 1. The van der Waals surface area contributed by atoms with Crippen LogP contribution in [0.5, 0.6) is 0 Å². The molecule has 0 atom stereocenters. The smallest absolute Gasteiger partial charge is 0.338 e. The number of aliphatic hydroxyl groups excluding tert-OH is 1. The van der Waals surface area contributed by atoms with Gasteiger partial charge in [-0.2, -0.15) is 10.2 Å². The van der Waals surface area contributed by atoms with E-state index in [4.69, 9.17) is 24.4 Å². The fraction of sp³-hybridized carbons (Fsp3) is 0.615. The Morgan fingerprint density at radius 2 is 1.27 bits per heavy atom. The van der Waals surface area contributed by atoms with E-state index in [0.717, 1.165) is 105 Å². The maximum atomic E-state index is 12.8. The Morgan fingerprint density at radius 1 is 0.788 bits per heavy atom. The molecule has 2 saturated heterocycles. The lowest BCUT2D eigenvalue weighted by Crippen LogP contribution is -2.40. The van der Waals surface area contributed by atoms with E-state index in [0.29, 0.717) is 57.6 Å². The Kier molecular flexibility index (Phi) is 12.4. The number of benzene rings is 1. The predicted molar refractivity (Wildman–Crippen MR) is 193 cm³/mol. The first-order valence-corrected chi connectivity index (χ1v) is 19.0. The molecule has 0 saturated carbocycles. The van der Waals surface area contributed by atoms with Crippen molar-refractivity contribution >= 4 is 17.8 Å². The number of amides is 2. The highest BCUT2D eigenvalue weighted by Gasteiger charge is 2.41. The van der Waals surface area contributed by atoms with Crippen LogP contribution in [0.15, 0.2) is 30.3 Å². The second kappa shape index (κ2) is 17.2. The molecule has 4 aliphatic heterocycles. The average molecular weight is 719 g/mol. The van der Waals surface area contributed by atoms with Gasteiger partial charge in [-0.25, -0.2) is 4.79 Å². The van der Waals surface area contributed by atoms with Crippen LogP contribution < -0.4 is 10.6 Å². The van der Waals surface area contributed by atoms with Crippen molar-refractivity contribution in [3.8, 4) is 0 Å². The number of esters is 1. The van der Waals surface area contributed by atoms with Crippen LogP contribution in [0.2, 0.25) is 0 Å². The van der Waals surface area contributed by atoms with Gasteiger partial charge in [0.2, 0.25) is 0 Å². The first kappa shape index (κ1) is 37.7. The maximum absolute atomic E-state index is 12.8. The number of aromatic nitrogens is 4. The third-order valence-electron chi connectivity index (χ3n) is 11.1. The molecule has 0 unspecified atom stereocenters. The van der Waals surface area contributed by atoms with Crippen LogP contribution in [-0.4, -0.2) is 95.2 Å². The molecule has 52 heavy (non-hydrogen) atoms. The van der Waals surface area contributed by atoms with Gasteiger partial charge < -0.3 is 30.0 Å². The second-order valence-corrected chi connectivity index (χ2v) is 14.6. The van der Waals surface area contributed by atoms with Gasteiger partial charge in [0, 0.05) is 65.6 Å². The molecule has 3 N–H and O–H groups in total. The predicted octanol–water partition coefficient (Wildman–Crippen LogP) is 3.69. The van der Waals surface area contributed by atoms with Gasteiger partial charge >= 0.3 is 5.97 Å². The summed E-state index contributed by atoms with van der Waals surface area (Å²) in [5, 5.41) is 24.7. The van der Waals surface area contributed by atoms with E-state index in [9.17, 15) is 14.4 Å². The topological polar surface area (TPSA) is 159 Å². The van der Waals surface area contributed by atoms with E-state index >= 15 is 0 Å². The second-order valence-electron chi connectivity index (χ2n) is 14.6. The fourth-order valence-electron chi connectivity index (χ4n) is 7.97. The van der Waals surface area contributed by atoms with Crippen molar-refractivity contribution < 1.29 is 33.7 Å². The van der Waals surface area contributed by atoms with Crippen molar-refractivity contribution in [1.29, 1.82) is 0 Å². The number of rotatable bonds is 10. The molecule has 3 aromatic rings. The minimum absolute atomic E-state index is 0.00506. The highest BCUT2D eigenvalue weighted by atomic mass is 16.5. The van der Waals surface area contributed by atoms with Crippen molar-refractivity contribution in [1.82, 2.24) is 30.2 Å². The molecule has 2 spiro atoms. The number of ether oxygens (including phenoxy) is 3. The molecular formula is C39H54N6O7. The van der Waals surface area contributed by atoms with Crippen molar-refractivity contribution in [2.45, 2.75) is 91.1 Å². The molecule has 4 aliphatic rings. The summed E-state index contributed by atoms with van der Waals surface area (Å²) in [6.07, 6.45) is 8.27. The van der Waals surface area contributed by atoms with Gasteiger partial charge in [0.05, 0.1) is 46.1 Å². The Morgan fingerprint density at radius 3 is 1.73 bits per heavy atom. The summed E-state index contributed by atoms with van der Waals surface area (Å²) in [5.41, 5.74) is 5.94. The number of carbonyl (C=O) groups is 3. The SMILES string of the molecule is CCc1nn(CCCO)c2c1C(=O)NCC1(CCOCC1)C2.CCc1nn(CCCOC(=O)c2ccccc2)c2c1C(=O)NCC1(CCOCC1)C2. The summed E-state index contributed by atoms with van der Waals surface area (Å²) in [6.45, 7) is 10.2. The summed E-state index contributed by atoms with van der Waals surface area (Å²) in [7, 11) is 0. The van der Waals surface area contributed by atoms with Crippen molar-refractivity contribution in [3.05, 3.63) is 69.8 Å². The van der Waals surface area contributed by atoms with Gasteiger partial charge in [-0.1, -0.05) is 32.0 Å². The zero-order valence-electron chi connectivity index (χ0n) is 30.7. The van der Waals surface area contributed by atoms with Crippen LogP contribution >= 0.6 is 0 Å². The van der Waals surface area contributed by atoms with Gasteiger partial charge in [0.15, 0.2) is 0 Å². The Labute approximate surface area is 305 Å². The van der Waals surface area contributed by atoms with Crippen LogP contribution in [0, 0.1) is 10.8 Å². The molecule has 2 fully saturated rings. The maximum Gasteiger partial charge on any atom is 0.338 e. The minimum atomic E-state index is -0.315. The van der Waals surface area contributed by atoms with Crippen LogP contribution in [-0.2, 0) is 53.0 Å². The lowest BCUT2D eigenvalue weighted by atomic mass is 9.76. The van der Waals surface area contributed by atoms with E-state index in [1.165, 1.54) is 0 Å². The molecule has 0 aliphatic carbocycles. The van der Waals surface area contributed by atoms with E-state index in [2.05, 4.69) is 15.7 Å². The molecule has 6 heterocycles. The normalized spacial score (nSPS) is 19.0. The molecule has 0 radical (unpaired) electrons. The van der Waals surface area contributed by atoms with E-state index in [1.807, 2.05) is 41.4 Å². The molecule has 0 bridgehead atoms. The number of hydrogen-bond acceptors (Lipinski definition) is 9. The van der Waals surface area contributed by atoms with Crippen LogP contribution in [0.1, 0.15) is 106 Å². The molecule has 7 rings (SSSR count). The quantitative estimate of drug-likeness (QED) is 0.210. The Bertz CT molecular complexity index is 1690. The molecule has 13 nitrogen and oxygen atoms in total. The summed E-state index contributed by atoms with van der Waals surface area (Å²) in [6, 6.07) is 9.00. The average Bonchev–Trinajstić information content (AvgIpc) is 3.62. The number of carbonyl (C=O) groups excluding carboxylic acids is 3. The van der Waals surface area contributed by atoms with Gasteiger partial charge in [-0.3, -0.25) is 19.0 Å². The third-order valence-corrected chi connectivity index (χ3v) is 11.1. The third kappa shape index (κ3) is 8.42. The summed E-state index contributed by atoms with van der Waals surface area (Å²) < 4.78 is 20.4. The number of hydrogen-bond donors (Lipinski definition) is 3. The lowest BCUT2D eigenvalue weighted by molar-refractivity contribution is 0.0151. The monoisotopic (exact) mass is 718 g/mol. The molecule has 282 valence electrons. The standard InChI is InChI=1S/C23H29N3O4.C16H25N3O3/c1-2-18-20-19(15-23(16-24-21(20)27)9-13-29-14-10-23)26(25-18)11-6-12-30-22(28)17-7-4-3-5-8-17;1-2-12-14-13(19(18-12)6-3-7-20)10-16(11-17-15(14)21)4-8-22-9-5-16/h3-5,7-8H,2,6,9-16H2,1H3,(H,24,27);20H,2-11H2,1H3,(H,17,21). The Balaban J connectivity index is 0.000000187. The largest absolute Gasteiger partial charge is 0.462 e. The molecule has 13 heteroatoms. The zero-order chi connectivity index (χ0) is 36.6. The van der Waals surface area contributed by atoms with Crippen molar-refractivity contribution in [2.24, 2.45) is 10.8 Å². The van der Waals surface area contributed by atoms with Crippen LogP contribution in [0.25, 0.3) is 0 Å². The minimum Gasteiger partial charge on any atom is -0.462 e. The fourth-order valence-corrected chi connectivity index (χ4v) is 7.97. The summed E-state index contributed by atoms with van der Waals surface area (Å²) >= 11 is 0. The lowest BCUT2D eigenvalue weighted by Gasteiger charge is -2.36. The molecule has 2 amide bonds. The van der Waals surface area contributed by atoms with Gasteiger partial charge in [-0.15, -0.1) is 0 Å². The molecule has 2 aromatic heterocycles. The van der Waals surface area contributed by atoms with Gasteiger partial charge in [-0.05, 0) is 80.8 Å². The molecular weight excluding hydrogens is 664 g/mol. The first-order chi connectivity index (χ1) is 25.3. The van der Waals surface area contributed by atoms with Gasteiger partial charge in [0.1, 0.15) is 0 Å². The summed E-state index contributed by atoms with van der Waals surface area (Å²) in [4.78, 5) is 37.5. The number of nitrogens with one attached hydrogen (secondary N) is 2. The van der Waals surface area contributed by atoms with Crippen LogP contribution in [0.3, 0.4) is 0 Å². The Hall–Kier alpha value is -4.07. The first-order valence-electron chi connectivity index (χ1n) is 19.0. The van der Waals surface area contributed by atoms with Crippen molar-refractivity contribution in [3.63, 3.8) is 0 Å². The number of fused-ring (bicyclic) bond motifs is 2. The number of nitrogens with zero attached hydrogens (tertiary/aromatic N) is 4. The zero-order valence-corrected chi connectivity index (χ0v) is 30.7. The van der Waals surface area contributed by atoms with Crippen molar-refractivity contribution in [2.75, 3.05) is 52.7 Å². The van der Waals surface area contributed by atoms with E-state index in [1.54, 1.807) is 12.1 Å². The highest BCUT2D eigenvalue weighted by Crippen LogP contribution is 2.38. The van der Waals surface area contributed by atoms with Crippen LogP contribution in [0.4, 0.5) is 0 Å². The summed E-state index contributed by atoms with van der Waals surface area (Å²) in [5.74, 6) is -0.331. The highest BCUT2D eigenvalue weighted by molar-refractivity contribution is 5.97. The number of aryl methyl sites for hydroxylation is 4. The van der Waals surface area contributed by atoms with Gasteiger partial charge in [0.25, 0.3) is 11.8 Å².